The maximum Gasteiger partial charge on any atom is 0.411 e. The Balaban J connectivity index is 2.31. The molecule has 1 saturated heterocycles. The average molecular weight is 638 g/mol. The molecule has 0 unspecified atom stereocenters. The fraction of sp³-hybridized carbons (Fsp3) is 0.594. The molecule has 0 radical (unpaired) electrons. The van der Waals surface area contributed by atoms with Crippen LogP contribution in [0.4, 0.5) is 4.79 Å². The number of hydrogen-bond acceptors (Lipinski definition) is 10. The molecule has 1 fully saturated rings. The molecule has 1 aromatic rings. The van der Waals surface area contributed by atoms with E-state index < -0.39 is 54.9 Å². The van der Waals surface area contributed by atoms with Crippen LogP contribution in [0.15, 0.2) is 49.6 Å². The van der Waals surface area contributed by atoms with Gasteiger partial charge in [-0.1, -0.05) is 24.8 Å². The van der Waals surface area contributed by atoms with Crippen LogP contribution in [0.1, 0.15) is 65.9 Å². The molecule has 0 bridgehead atoms. The fourth-order valence-corrected chi connectivity index (χ4v) is 6.54. The SMILES string of the molecule is C=CC(=O)[C@@]1(OC(=O)CP(=O)(OCC)OCC)C[C@@H](C=C)N(C(=O)OC(C)(C)C)[C@H]1CCCCOCc1ccc(OC)cc1. The number of esters is 1. The Morgan fingerprint density at radius 1 is 1.07 bits per heavy atom. The van der Waals surface area contributed by atoms with E-state index in [1.54, 1.807) is 41.7 Å². The third kappa shape index (κ3) is 10.3. The molecule has 11 nitrogen and oxygen atoms in total. The van der Waals surface area contributed by atoms with Crippen molar-refractivity contribution in [2.75, 3.05) is 33.1 Å². The van der Waals surface area contributed by atoms with Crippen LogP contribution in [0.3, 0.4) is 0 Å². The molecule has 1 aliphatic heterocycles. The standard InChI is InChI=1S/C32H48NO10P/c1-9-25-21-32(28(34)10-2,42-29(35)23-44(37,40-11-3)41-12-4)27(33(25)30(36)43-31(5,6)7)15-13-14-20-39-22-24-16-18-26(38-8)19-17-24/h9-10,16-19,25,27H,1-2,11-15,20-23H2,3-8H3/t25-,27+,32-/m1/s1. The van der Waals surface area contributed by atoms with Crippen molar-refractivity contribution in [2.45, 2.75) is 90.2 Å². The van der Waals surface area contributed by atoms with Crippen molar-refractivity contribution in [3.8, 4) is 5.75 Å². The highest BCUT2D eigenvalue weighted by Crippen LogP contribution is 2.49. The van der Waals surface area contributed by atoms with E-state index in [1.165, 1.54) is 11.0 Å². The predicted molar refractivity (Wildman–Crippen MR) is 167 cm³/mol. The highest BCUT2D eigenvalue weighted by Gasteiger charge is 2.60. The lowest BCUT2D eigenvalue weighted by Gasteiger charge is -2.37. The summed E-state index contributed by atoms with van der Waals surface area (Å²) in [5.74, 6) is -0.784. The maximum atomic E-state index is 13.6. The summed E-state index contributed by atoms with van der Waals surface area (Å²) in [6.45, 7) is 16.9. The second-order valence-electron chi connectivity index (χ2n) is 11.3. The van der Waals surface area contributed by atoms with Crippen LogP contribution in [0.2, 0.25) is 0 Å². The van der Waals surface area contributed by atoms with Crippen molar-refractivity contribution in [3.63, 3.8) is 0 Å². The number of amides is 1. The van der Waals surface area contributed by atoms with E-state index in [2.05, 4.69) is 13.2 Å². The lowest BCUT2D eigenvalue weighted by atomic mass is 9.85. The second-order valence-corrected chi connectivity index (χ2v) is 13.4. The van der Waals surface area contributed by atoms with E-state index in [0.717, 1.165) is 17.4 Å². The van der Waals surface area contributed by atoms with Gasteiger partial charge in [-0.2, -0.15) is 0 Å². The first-order valence-electron chi connectivity index (χ1n) is 14.9. The van der Waals surface area contributed by atoms with Crippen LogP contribution in [0, 0.1) is 0 Å². The van der Waals surface area contributed by atoms with Crippen LogP contribution >= 0.6 is 7.60 Å². The first-order valence-corrected chi connectivity index (χ1v) is 16.6. The van der Waals surface area contributed by atoms with E-state index in [-0.39, 0.29) is 26.1 Å². The van der Waals surface area contributed by atoms with E-state index in [0.29, 0.717) is 26.1 Å². The van der Waals surface area contributed by atoms with Crippen LogP contribution in [0.25, 0.3) is 0 Å². The summed E-state index contributed by atoms with van der Waals surface area (Å²) in [5.41, 5.74) is -1.65. The second kappa shape index (κ2) is 16.9. The lowest BCUT2D eigenvalue weighted by Crippen LogP contribution is -2.55. The zero-order valence-corrected chi connectivity index (χ0v) is 27.8. The number of carbonyl (C=O) groups excluding carboxylic acids is 3. The van der Waals surface area contributed by atoms with Gasteiger partial charge in [0.1, 0.15) is 17.5 Å². The third-order valence-corrected chi connectivity index (χ3v) is 8.89. The monoisotopic (exact) mass is 637 g/mol. The summed E-state index contributed by atoms with van der Waals surface area (Å²) in [5, 5.41) is 0. The molecule has 1 amide bonds. The van der Waals surface area contributed by atoms with Gasteiger partial charge in [-0.3, -0.25) is 19.1 Å². The maximum absolute atomic E-state index is 13.6. The molecule has 2 rings (SSSR count). The molecule has 1 heterocycles. The molecule has 0 saturated carbocycles. The van der Waals surface area contributed by atoms with Crippen molar-refractivity contribution in [2.24, 2.45) is 0 Å². The number of nitrogens with zero attached hydrogens (tertiary/aromatic N) is 1. The zero-order chi connectivity index (χ0) is 33.0. The minimum Gasteiger partial charge on any atom is -0.497 e. The summed E-state index contributed by atoms with van der Waals surface area (Å²) < 4.78 is 46.3. The average Bonchev–Trinajstić information content (AvgIpc) is 3.27. The smallest absolute Gasteiger partial charge is 0.411 e. The molecule has 0 spiro atoms. The molecule has 1 aliphatic rings. The predicted octanol–water partition coefficient (Wildman–Crippen LogP) is 6.25. The van der Waals surface area contributed by atoms with Gasteiger partial charge in [0.2, 0.25) is 5.78 Å². The molecule has 1 aromatic carbocycles. The van der Waals surface area contributed by atoms with E-state index >= 15 is 0 Å². The molecular formula is C32H48NO10P. The molecule has 12 heteroatoms. The normalized spacial score (nSPS) is 20.2. The number of unbranched alkanes of at least 4 members (excludes halogenated alkanes) is 1. The number of rotatable bonds is 18. The number of carbonyl (C=O) groups is 3. The van der Waals surface area contributed by atoms with Gasteiger partial charge >= 0.3 is 19.7 Å². The minimum absolute atomic E-state index is 0.0510. The number of likely N-dealkylation sites (tertiary alicyclic amines) is 1. The quantitative estimate of drug-likeness (QED) is 0.0599. The van der Waals surface area contributed by atoms with Crippen molar-refractivity contribution < 1.29 is 46.9 Å². The van der Waals surface area contributed by atoms with Gasteiger partial charge in [0.05, 0.1) is 39.0 Å². The van der Waals surface area contributed by atoms with Crippen LogP contribution in [-0.2, 0) is 44.0 Å². The summed E-state index contributed by atoms with van der Waals surface area (Å²) in [6.07, 6.45) is 2.55. The summed E-state index contributed by atoms with van der Waals surface area (Å²) >= 11 is 0. The lowest BCUT2D eigenvalue weighted by molar-refractivity contribution is -0.166. The highest BCUT2D eigenvalue weighted by atomic mass is 31.2. The van der Waals surface area contributed by atoms with Crippen LogP contribution < -0.4 is 4.74 Å². The molecule has 0 aliphatic carbocycles. The Morgan fingerprint density at radius 3 is 2.23 bits per heavy atom. The summed E-state index contributed by atoms with van der Waals surface area (Å²) in [6, 6.07) is 5.95. The molecule has 246 valence electrons. The Labute approximate surface area is 261 Å². The Hall–Kier alpha value is -2.98. The van der Waals surface area contributed by atoms with Gasteiger partial charge in [-0.15, -0.1) is 6.58 Å². The van der Waals surface area contributed by atoms with Gasteiger partial charge in [0.15, 0.2) is 5.60 Å². The van der Waals surface area contributed by atoms with Gasteiger partial charge in [-0.25, -0.2) is 4.79 Å². The highest BCUT2D eigenvalue weighted by molar-refractivity contribution is 7.54. The Morgan fingerprint density at radius 2 is 1.70 bits per heavy atom. The number of ketones is 1. The van der Waals surface area contributed by atoms with Gasteiger partial charge in [-0.05, 0) is 77.7 Å². The zero-order valence-electron chi connectivity index (χ0n) is 26.9. The first kappa shape index (κ1) is 37.2. The number of methoxy groups -OCH3 is 1. The number of ether oxygens (including phenoxy) is 4. The van der Waals surface area contributed by atoms with E-state index in [9.17, 15) is 18.9 Å². The molecule has 44 heavy (non-hydrogen) atoms. The van der Waals surface area contributed by atoms with Gasteiger partial charge in [0.25, 0.3) is 0 Å². The Kier molecular flexibility index (Phi) is 14.3. The largest absolute Gasteiger partial charge is 0.497 e. The molecule has 0 N–H and O–H groups in total. The summed E-state index contributed by atoms with van der Waals surface area (Å²) in [4.78, 5) is 41.8. The fourth-order valence-electron chi connectivity index (χ4n) is 5.11. The number of benzene rings is 1. The molecular weight excluding hydrogens is 589 g/mol. The van der Waals surface area contributed by atoms with E-state index in [4.69, 9.17) is 28.0 Å². The Bertz CT molecular complexity index is 1170. The molecule has 3 atom stereocenters. The van der Waals surface area contributed by atoms with Gasteiger partial charge in [0, 0.05) is 13.0 Å². The topological polar surface area (TPSA) is 127 Å². The number of hydrogen-bond donors (Lipinski definition) is 0. The molecule has 0 aromatic heterocycles. The van der Waals surface area contributed by atoms with Crippen LogP contribution in [0.5, 0.6) is 5.75 Å². The van der Waals surface area contributed by atoms with Crippen molar-refractivity contribution in [1.29, 1.82) is 0 Å². The van der Waals surface area contributed by atoms with Gasteiger partial charge < -0.3 is 28.0 Å². The van der Waals surface area contributed by atoms with Crippen molar-refractivity contribution >= 4 is 25.4 Å². The summed E-state index contributed by atoms with van der Waals surface area (Å²) in [7, 11) is -2.22. The van der Waals surface area contributed by atoms with E-state index in [1.807, 2.05) is 24.3 Å². The van der Waals surface area contributed by atoms with Crippen molar-refractivity contribution in [1.82, 2.24) is 4.90 Å². The first-order chi connectivity index (χ1) is 20.8. The third-order valence-electron chi connectivity index (χ3n) is 6.94. The van der Waals surface area contributed by atoms with Crippen LogP contribution in [-0.4, -0.2) is 79.1 Å². The minimum atomic E-state index is -3.83. The van der Waals surface area contributed by atoms with Crippen molar-refractivity contribution in [3.05, 3.63) is 55.1 Å².